The first kappa shape index (κ1) is 21.3. The second-order valence-electron chi connectivity index (χ2n) is 8.13. The number of rotatable bonds is 5. The Hall–Kier alpha value is -2.96. The van der Waals surface area contributed by atoms with Gasteiger partial charge in [0.2, 0.25) is 10.0 Å². The van der Waals surface area contributed by atoms with Crippen LogP contribution in [0.5, 0.6) is 0 Å². The minimum absolute atomic E-state index is 0.0419. The monoisotopic (exact) mass is 434 g/mol. The minimum Gasteiger partial charge on any atom is -0.305 e. The molecule has 0 aromatic heterocycles. The van der Waals surface area contributed by atoms with Crippen LogP contribution in [0.25, 0.3) is 0 Å². The van der Waals surface area contributed by atoms with Crippen LogP contribution in [0.3, 0.4) is 0 Å². The zero-order chi connectivity index (χ0) is 22.2. The number of amides is 1. The number of anilines is 1. The lowest BCUT2D eigenvalue weighted by Gasteiger charge is -2.23. The van der Waals surface area contributed by atoms with Crippen molar-refractivity contribution >= 4 is 21.6 Å². The molecule has 3 aromatic rings. The van der Waals surface area contributed by atoms with E-state index in [4.69, 9.17) is 0 Å². The molecule has 0 aliphatic carbocycles. The van der Waals surface area contributed by atoms with Gasteiger partial charge in [0.05, 0.1) is 4.90 Å². The van der Waals surface area contributed by atoms with Gasteiger partial charge in [-0.05, 0) is 79.8 Å². The Bertz CT molecular complexity index is 1240. The summed E-state index contributed by atoms with van der Waals surface area (Å²) in [6.07, 6.45) is 0.780. The maximum atomic E-state index is 13.1. The third-order valence-corrected chi connectivity index (χ3v) is 7.26. The van der Waals surface area contributed by atoms with E-state index in [1.165, 1.54) is 0 Å². The summed E-state index contributed by atoms with van der Waals surface area (Å²) in [5, 5.41) is 0. The quantitative estimate of drug-likeness (QED) is 0.648. The van der Waals surface area contributed by atoms with Crippen molar-refractivity contribution in [1.82, 2.24) is 4.72 Å². The molecule has 4 rings (SSSR count). The molecule has 5 nitrogen and oxygen atoms in total. The summed E-state index contributed by atoms with van der Waals surface area (Å²) >= 11 is 0. The smallest absolute Gasteiger partial charge is 0.258 e. The number of aryl methyl sites for hydroxylation is 2. The van der Waals surface area contributed by atoms with Gasteiger partial charge in [0.15, 0.2) is 0 Å². The first-order valence-corrected chi connectivity index (χ1v) is 11.8. The molecule has 31 heavy (non-hydrogen) atoms. The Labute approximate surface area is 183 Å². The average molecular weight is 435 g/mol. The van der Waals surface area contributed by atoms with Crippen molar-refractivity contribution in [3.8, 4) is 0 Å². The van der Waals surface area contributed by atoms with Crippen molar-refractivity contribution in [3.63, 3.8) is 0 Å². The maximum absolute atomic E-state index is 13.1. The van der Waals surface area contributed by atoms with Crippen LogP contribution < -0.4 is 9.62 Å². The Kier molecular flexibility index (Phi) is 5.69. The summed E-state index contributed by atoms with van der Waals surface area (Å²) in [6, 6.07) is 20.2. The molecule has 1 amide bonds. The highest BCUT2D eigenvalue weighted by Crippen LogP contribution is 2.34. The third kappa shape index (κ3) is 4.27. The number of nitrogens with one attached hydrogen (secondary N) is 1. The molecule has 0 bridgehead atoms. The van der Waals surface area contributed by atoms with Gasteiger partial charge in [0.25, 0.3) is 5.91 Å². The van der Waals surface area contributed by atoms with Crippen molar-refractivity contribution in [3.05, 3.63) is 94.5 Å². The molecule has 0 saturated heterocycles. The first-order valence-electron chi connectivity index (χ1n) is 10.3. The van der Waals surface area contributed by atoms with Gasteiger partial charge in [-0.1, -0.05) is 36.4 Å². The summed E-state index contributed by atoms with van der Waals surface area (Å²) in [6.45, 7) is 6.04. The molecule has 1 aliphatic rings. The van der Waals surface area contributed by atoms with E-state index in [1.54, 1.807) is 12.1 Å². The van der Waals surface area contributed by atoms with Crippen molar-refractivity contribution in [1.29, 1.82) is 0 Å². The molecule has 6 heteroatoms. The van der Waals surface area contributed by atoms with Gasteiger partial charge < -0.3 is 4.90 Å². The first-order chi connectivity index (χ1) is 14.8. The van der Waals surface area contributed by atoms with Crippen molar-refractivity contribution in [2.45, 2.75) is 44.7 Å². The van der Waals surface area contributed by atoms with Crippen LogP contribution >= 0.6 is 0 Å². The highest BCUT2D eigenvalue weighted by atomic mass is 32.2. The Morgan fingerprint density at radius 1 is 1.00 bits per heavy atom. The Morgan fingerprint density at radius 2 is 1.74 bits per heavy atom. The highest BCUT2D eigenvalue weighted by molar-refractivity contribution is 7.89. The molecule has 1 heterocycles. The van der Waals surface area contributed by atoms with Crippen molar-refractivity contribution < 1.29 is 13.2 Å². The normalized spacial score (nSPS) is 15.7. The van der Waals surface area contributed by atoms with E-state index < -0.39 is 10.0 Å². The number of fused-ring (bicyclic) bond motifs is 1. The third-order valence-electron chi connectivity index (χ3n) is 5.86. The number of nitrogens with zero attached hydrogens (tertiary/aromatic N) is 1. The standard InChI is InChI=1S/C25H26N2O3S/c1-17-9-12-23(13-18(17)2)31(29,30)26-16-20-10-11-22-14-19(3)27(24(22)15-20)25(28)21-7-5-4-6-8-21/h4-13,15,19,26H,14,16H2,1-3H3/t19-/m1/s1. The number of benzene rings is 3. The summed E-state index contributed by atoms with van der Waals surface area (Å²) < 4.78 is 28.2. The largest absolute Gasteiger partial charge is 0.305 e. The fourth-order valence-corrected chi connectivity index (χ4v) is 5.04. The van der Waals surface area contributed by atoms with Crippen LogP contribution in [0.2, 0.25) is 0 Å². The van der Waals surface area contributed by atoms with Crippen molar-refractivity contribution in [2.75, 3.05) is 4.90 Å². The lowest BCUT2D eigenvalue weighted by molar-refractivity contribution is 0.0981. The number of carbonyl (C=O) groups excluding carboxylic acids is 1. The van der Waals surface area contributed by atoms with Gasteiger partial charge in [0, 0.05) is 23.8 Å². The second-order valence-corrected chi connectivity index (χ2v) is 9.89. The van der Waals surface area contributed by atoms with Crippen LogP contribution in [0.4, 0.5) is 5.69 Å². The predicted octanol–water partition coefficient (Wildman–Crippen LogP) is 4.37. The van der Waals surface area contributed by atoms with E-state index in [0.29, 0.717) is 5.56 Å². The van der Waals surface area contributed by atoms with E-state index in [-0.39, 0.29) is 23.4 Å². The average Bonchev–Trinajstić information content (AvgIpc) is 3.09. The minimum atomic E-state index is -3.63. The fourth-order valence-electron chi connectivity index (χ4n) is 3.94. The Morgan fingerprint density at radius 3 is 2.45 bits per heavy atom. The second kappa shape index (κ2) is 8.29. The van der Waals surface area contributed by atoms with Crippen LogP contribution in [0.1, 0.15) is 39.5 Å². The number of carbonyl (C=O) groups is 1. The fraction of sp³-hybridized carbons (Fsp3) is 0.240. The molecule has 0 radical (unpaired) electrons. The van der Waals surface area contributed by atoms with Crippen LogP contribution in [0.15, 0.2) is 71.6 Å². The topological polar surface area (TPSA) is 66.5 Å². The van der Waals surface area contributed by atoms with Gasteiger partial charge in [0.1, 0.15) is 0 Å². The lowest BCUT2D eigenvalue weighted by Crippen LogP contribution is -2.35. The molecule has 0 fully saturated rings. The van der Waals surface area contributed by atoms with Gasteiger partial charge in [-0.2, -0.15) is 0 Å². The maximum Gasteiger partial charge on any atom is 0.258 e. The van der Waals surface area contributed by atoms with E-state index in [9.17, 15) is 13.2 Å². The molecule has 1 atom stereocenters. The molecule has 160 valence electrons. The zero-order valence-electron chi connectivity index (χ0n) is 17.9. The lowest BCUT2D eigenvalue weighted by atomic mass is 10.1. The molecule has 0 unspecified atom stereocenters. The highest BCUT2D eigenvalue weighted by Gasteiger charge is 2.31. The molecular formula is C25H26N2O3S. The molecular weight excluding hydrogens is 408 g/mol. The SMILES string of the molecule is Cc1ccc(S(=O)(=O)NCc2ccc3c(c2)N(C(=O)c2ccccc2)[C@H](C)C3)cc1C. The molecule has 1 aliphatic heterocycles. The Balaban J connectivity index is 1.56. The van der Waals surface area contributed by atoms with Crippen LogP contribution in [-0.4, -0.2) is 20.4 Å². The summed E-state index contributed by atoms with van der Waals surface area (Å²) in [4.78, 5) is 15.2. The molecule has 0 saturated carbocycles. The number of hydrogen-bond donors (Lipinski definition) is 1. The summed E-state index contributed by atoms with van der Waals surface area (Å²) in [7, 11) is -3.63. The van der Waals surface area contributed by atoms with Gasteiger partial charge in [-0.15, -0.1) is 0 Å². The van der Waals surface area contributed by atoms with Crippen LogP contribution in [0, 0.1) is 13.8 Å². The molecule has 1 N–H and O–H groups in total. The number of sulfonamides is 1. The summed E-state index contributed by atoms with van der Waals surface area (Å²) in [5.74, 6) is -0.0419. The molecule has 3 aromatic carbocycles. The van der Waals surface area contributed by atoms with Gasteiger partial charge >= 0.3 is 0 Å². The van der Waals surface area contributed by atoms with Crippen molar-refractivity contribution in [2.24, 2.45) is 0 Å². The van der Waals surface area contributed by atoms with E-state index >= 15 is 0 Å². The molecule has 0 spiro atoms. The summed E-state index contributed by atoms with van der Waals surface area (Å²) in [5.41, 5.74) is 5.38. The van der Waals surface area contributed by atoms with Crippen LogP contribution in [-0.2, 0) is 23.0 Å². The predicted molar refractivity (Wildman–Crippen MR) is 123 cm³/mol. The van der Waals surface area contributed by atoms with E-state index in [0.717, 1.165) is 34.4 Å². The zero-order valence-corrected chi connectivity index (χ0v) is 18.7. The van der Waals surface area contributed by atoms with Gasteiger partial charge in [-0.25, -0.2) is 13.1 Å². The van der Waals surface area contributed by atoms with E-state index in [2.05, 4.69) is 4.72 Å². The van der Waals surface area contributed by atoms with E-state index in [1.807, 2.05) is 80.3 Å². The van der Waals surface area contributed by atoms with Gasteiger partial charge in [-0.3, -0.25) is 4.79 Å². The number of hydrogen-bond acceptors (Lipinski definition) is 3.